The van der Waals surface area contributed by atoms with Gasteiger partial charge in [-0.3, -0.25) is 19.8 Å². The number of amides is 1. The molecule has 0 bridgehead atoms. The Bertz CT molecular complexity index is 799. The quantitative estimate of drug-likeness (QED) is 0.626. The number of non-ortho nitro benzene ring substituents is 1. The zero-order valence-electron chi connectivity index (χ0n) is 15.4. The Hall–Kier alpha value is -2.93. The summed E-state index contributed by atoms with van der Waals surface area (Å²) in [4.78, 5) is 27.0. The Kier molecular flexibility index (Phi) is 6.03. The third-order valence-electron chi connectivity index (χ3n) is 4.78. The normalized spacial score (nSPS) is 14.8. The third kappa shape index (κ3) is 5.04. The molecule has 142 valence electrons. The second-order valence-corrected chi connectivity index (χ2v) is 6.64. The molecule has 7 nitrogen and oxygen atoms in total. The van der Waals surface area contributed by atoms with Crippen molar-refractivity contribution >= 4 is 23.0 Å². The molecule has 1 saturated heterocycles. The Balaban J connectivity index is 1.48. The maximum atomic E-state index is 12.3. The van der Waals surface area contributed by atoms with Crippen LogP contribution in [0.15, 0.2) is 48.5 Å². The highest BCUT2D eigenvalue weighted by Crippen LogP contribution is 2.20. The van der Waals surface area contributed by atoms with Gasteiger partial charge in [-0.05, 0) is 36.2 Å². The van der Waals surface area contributed by atoms with E-state index in [-0.39, 0.29) is 11.6 Å². The van der Waals surface area contributed by atoms with Crippen LogP contribution in [0.3, 0.4) is 0 Å². The maximum Gasteiger partial charge on any atom is 0.269 e. The summed E-state index contributed by atoms with van der Waals surface area (Å²) in [7, 11) is 0. The van der Waals surface area contributed by atoms with Crippen molar-refractivity contribution in [1.82, 2.24) is 4.90 Å². The molecule has 1 fully saturated rings. The van der Waals surface area contributed by atoms with Crippen LogP contribution in [0.4, 0.5) is 17.1 Å². The molecule has 0 spiro atoms. The Morgan fingerprint density at radius 3 is 2.44 bits per heavy atom. The second kappa shape index (κ2) is 8.64. The van der Waals surface area contributed by atoms with Gasteiger partial charge in [0.1, 0.15) is 0 Å². The molecule has 0 aromatic heterocycles. The summed E-state index contributed by atoms with van der Waals surface area (Å²) in [6.07, 6.45) is 0.939. The number of benzene rings is 2. The van der Waals surface area contributed by atoms with Crippen molar-refractivity contribution in [2.75, 3.05) is 42.9 Å². The molecule has 0 radical (unpaired) electrons. The summed E-state index contributed by atoms with van der Waals surface area (Å²) >= 11 is 0. The van der Waals surface area contributed by atoms with Crippen LogP contribution in [0.1, 0.15) is 12.5 Å². The summed E-state index contributed by atoms with van der Waals surface area (Å²) in [6.45, 7) is 5.58. The largest absolute Gasteiger partial charge is 0.369 e. The maximum absolute atomic E-state index is 12.3. The first-order chi connectivity index (χ1) is 13.0. The van der Waals surface area contributed by atoms with Crippen molar-refractivity contribution in [2.45, 2.75) is 13.3 Å². The summed E-state index contributed by atoms with van der Waals surface area (Å²) in [6, 6.07) is 14.5. The molecule has 0 aliphatic carbocycles. The van der Waals surface area contributed by atoms with Crippen LogP contribution >= 0.6 is 0 Å². The monoisotopic (exact) mass is 368 g/mol. The minimum absolute atomic E-state index is 0.00737. The molecule has 1 amide bonds. The van der Waals surface area contributed by atoms with Crippen molar-refractivity contribution in [3.05, 3.63) is 64.2 Å². The van der Waals surface area contributed by atoms with E-state index in [1.54, 1.807) is 12.1 Å². The third-order valence-corrected chi connectivity index (χ3v) is 4.78. The number of nitrogens with zero attached hydrogens (tertiary/aromatic N) is 3. The predicted octanol–water partition coefficient (Wildman–Crippen LogP) is 2.92. The predicted molar refractivity (Wildman–Crippen MR) is 106 cm³/mol. The Labute approximate surface area is 158 Å². The van der Waals surface area contributed by atoms with Gasteiger partial charge in [-0.25, -0.2) is 0 Å². The number of nitrogens with one attached hydrogen (secondary N) is 1. The first-order valence-corrected chi connectivity index (χ1v) is 9.15. The Morgan fingerprint density at radius 1 is 1.11 bits per heavy atom. The molecule has 1 heterocycles. The number of anilines is 2. The summed E-state index contributed by atoms with van der Waals surface area (Å²) < 4.78 is 0. The van der Waals surface area contributed by atoms with E-state index in [9.17, 15) is 14.9 Å². The van der Waals surface area contributed by atoms with Crippen LogP contribution in [-0.2, 0) is 11.2 Å². The smallest absolute Gasteiger partial charge is 0.269 e. The van der Waals surface area contributed by atoms with Gasteiger partial charge in [0.2, 0.25) is 5.91 Å². The van der Waals surface area contributed by atoms with Crippen LogP contribution in [0, 0.1) is 10.1 Å². The van der Waals surface area contributed by atoms with Crippen molar-refractivity contribution in [3.63, 3.8) is 0 Å². The number of carbonyl (C=O) groups is 1. The van der Waals surface area contributed by atoms with Gasteiger partial charge >= 0.3 is 0 Å². The van der Waals surface area contributed by atoms with E-state index in [0.29, 0.717) is 6.54 Å². The van der Waals surface area contributed by atoms with Gasteiger partial charge in [0.15, 0.2) is 0 Å². The molecular weight excluding hydrogens is 344 g/mol. The molecule has 0 atom stereocenters. The van der Waals surface area contributed by atoms with E-state index in [2.05, 4.69) is 22.0 Å². The Morgan fingerprint density at radius 2 is 1.81 bits per heavy atom. The lowest BCUT2D eigenvalue weighted by Crippen LogP contribution is -2.48. The highest BCUT2D eigenvalue weighted by atomic mass is 16.6. The zero-order valence-corrected chi connectivity index (χ0v) is 15.4. The van der Waals surface area contributed by atoms with E-state index in [1.165, 1.54) is 17.7 Å². The zero-order chi connectivity index (χ0) is 19.2. The SMILES string of the molecule is CCc1cccc(NC(=O)CN2CCN(c3ccc([N+](=O)[O-])cc3)CC2)c1. The molecule has 1 aliphatic rings. The summed E-state index contributed by atoms with van der Waals surface area (Å²) in [5.74, 6) is -0.00737. The van der Waals surface area contributed by atoms with E-state index in [0.717, 1.165) is 44.0 Å². The van der Waals surface area contributed by atoms with Crippen LogP contribution in [0.2, 0.25) is 0 Å². The highest BCUT2D eigenvalue weighted by Gasteiger charge is 2.19. The topological polar surface area (TPSA) is 78.7 Å². The second-order valence-electron chi connectivity index (χ2n) is 6.64. The van der Waals surface area contributed by atoms with E-state index < -0.39 is 4.92 Å². The number of hydrogen-bond donors (Lipinski definition) is 1. The number of hydrogen-bond acceptors (Lipinski definition) is 5. The highest BCUT2D eigenvalue weighted by molar-refractivity contribution is 5.92. The molecule has 0 unspecified atom stereocenters. The average molecular weight is 368 g/mol. The summed E-state index contributed by atoms with van der Waals surface area (Å²) in [5, 5.41) is 13.7. The van der Waals surface area contributed by atoms with Crippen LogP contribution in [0.5, 0.6) is 0 Å². The number of carbonyl (C=O) groups excluding carboxylic acids is 1. The fourth-order valence-electron chi connectivity index (χ4n) is 3.22. The number of rotatable bonds is 6. The molecule has 0 saturated carbocycles. The molecule has 2 aromatic rings. The first-order valence-electron chi connectivity index (χ1n) is 9.15. The van der Waals surface area contributed by atoms with Crippen molar-refractivity contribution < 1.29 is 9.72 Å². The molecule has 7 heteroatoms. The van der Waals surface area contributed by atoms with Crippen molar-refractivity contribution in [2.24, 2.45) is 0 Å². The lowest BCUT2D eigenvalue weighted by Gasteiger charge is -2.35. The molecule has 3 rings (SSSR count). The van der Waals surface area contributed by atoms with Gasteiger partial charge in [-0.15, -0.1) is 0 Å². The summed E-state index contributed by atoms with van der Waals surface area (Å²) in [5.41, 5.74) is 3.11. The lowest BCUT2D eigenvalue weighted by molar-refractivity contribution is -0.384. The molecule has 1 N–H and O–H groups in total. The van der Waals surface area contributed by atoms with Gasteiger partial charge in [0.25, 0.3) is 5.69 Å². The minimum atomic E-state index is -0.392. The van der Waals surface area contributed by atoms with Gasteiger partial charge < -0.3 is 10.2 Å². The van der Waals surface area contributed by atoms with Crippen LogP contribution in [0.25, 0.3) is 0 Å². The number of piperazine rings is 1. The van der Waals surface area contributed by atoms with Gasteiger partial charge in [0.05, 0.1) is 11.5 Å². The number of nitro benzene ring substituents is 1. The molecule has 27 heavy (non-hydrogen) atoms. The number of nitro groups is 1. The molecular formula is C20H24N4O3. The first kappa shape index (κ1) is 18.8. The standard InChI is InChI=1S/C20H24N4O3/c1-2-16-4-3-5-17(14-16)21-20(25)15-22-10-12-23(13-11-22)18-6-8-19(9-7-18)24(26)27/h3-9,14H,2,10-13,15H2,1H3,(H,21,25). The fraction of sp³-hybridized carbons (Fsp3) is 0.350. The number of aryl methyl sites for hydroxylation is 1. The van der Waals surface area contributed by atoms with Gasteiger partial charge in [-0.2, -0.15) is 0 Å². The van der Waals surface area contributed by atoms with E-state index in [1.807, 2.05) is 24.3 Å². The van der Waals surface area contributed by atoms with Crippen molar-refractivity contribution in [1.29, 1.82) is 0 Å². The minimum Gasteiger partial charge on any atom is -0.369 e. The van der Waals surface area contributed by atoms with E-state index in [4.69, 9.17) is 0 Å². The van der Waals surface area contributed by atoms with Gasteiger partial charge in [0, 0.05) is 49.7 Å². The molecule has 2 aromatic carbocycles. The fourth-order valence-corrected chi connectivity index (χ4v) is 3.22. The van der Waals surface area contributed by atoms with Gasteiger partial charge in [-0.1, -0.05) is 19.1 Å². The average Bonchev–Trinajstić information content (AvgIpc) is 2.68. The molecule has 1 aliphatic heterocycles. The van der Waals surface area contributed by atoms with E-state index >= 15 is 0 Å². The van der Waals surface area contributed by atoms with Crippen LogP contribution < -0.4 is 10.2 Å². The lowest BCUT2D eigenvalue weighted by atomic mass is 10.1. The van der Waals surface area contributed by atoms with Crippen molar-refractivity contribution in [3.8, 4) is 0 Å². The van der Waals surface area contributed by atoms with Crippen LogP contribution in [-0.4, -0.2) is 48.5 Å².